The van der Waals surface area contributed by atoms with Crippen molar-refractivity contribution in [1.82, 2.24) is 0 Å². The lowest BCUT2D eigenvalue weighted by atomic mass is 9.91. The number of hydrogen-bond acceptors (Lipinski definition) is 3. The molecular formula is C29H18O2S. The molecule has 2 aromatic heterocycles. The van der Waals surface area contributed by atoms with Crippen LogP contribution in [0.1, 0.15) is 0 Å². The van der Waals surface area contributed by atoms with E-state index in [1.807, 2.05) is 24.3 Å². The average molecular weight is 431 g/mol. The Morgan fingerprint density at radius 3 is 2.44 bits per heavy atom. The zero-order chi connectivity index (χ0) is 21.2. The Kier molecular flexibility index (Phi) is 3.67. The molecule has 0 atom stereocenters. The second-order valence-electron chi connectivity index (χ2n) is 8.15. The smallest absolute Gasteiger partial charge is 0.143 e. The Balaban J connectivity index is 1.69. The van der Waals surface area contributed by atoms with Crippen molar-refractivity contribution < 1.29 is 9.15 Å². The SMILES string of the molecule is COc1ccc(-c2cc3cc4sccc4cc3c3c2ccc2c4ccccc4oc23)cc1. The fraction of sp³-hybridized carbons (Fsp3) is 0.0345. The van der Waals surface area contributed by atoms with E-state index in [2.05, 4.69) is 66.0 Å². The van der Waals surface area contributed by atoms with E-state index in [9.17, 15) is 0 Å². The van der Waals surface area contributed by atoms with Crippen molar-refractivity contribution >= 4 is 64.9 Å². The number of fused-ring (bicyclic) bond motifs is 8. The molecule has 0 radical (unpaired) electrons. The van der Waals surface area contributed by atoms with Gasteiger partial charge in [0, 0.05) is 20.9 Å². The van der Waals surface area contributed by atoms with Crippen LogP contribution in [-0.2, 0) is 0 Å². The number of methoxy groups -OCH3 is 1. The lowest BCUT2D eigenvalue weighted by Gasteiger charge is -2.12. The van der Waals surface area contributed by atoms with Crippen molar-refractivity contribution in [3.05, 3.63) is 90.3 Å². The first-order valence-corrected chi connectivity index (χ1v) is 11.5. The predicted octanol–water partition coefficient (Wildman–Crippen LogP) is 8.78. The highest BCUT2D eigenvalue weighted by Gasteiger charge is 2.16. The highest BCUT2D eigenvalue weighted by atomic mass is 32.1. The van der Waals surface area contributed by atoms with Gasteiger partial charge in [0.2, 0.25) is 0 Å². The number of ether oxygens (including phenoxy) is 1. The number of thiophene rings is 1. The highest BCUT2D eigenvalue weighted by Crippen LogP contribution is 2.43. The molecule has 0 aliphatic heterocycles. The molecule has 0 aliphatic rings. The van der Waals surface area contributed by atoms with E-state index < -0.39 is 0 Å². The molecule has 3 heteroatoms. The summed E-state index contributed by atoms with van der Waals surface area (Å²) >= 11 is 1.78. The van der Waals surface area contributed by atoms with Gasteiger partial charge in [-0.15, -0.1) is 11.3 Å². The molecule has 0 aliphatic carbocycles. The van der Waals surface area contributed by atoms with Gasteiger partial charge in [-0.1, -0.05) is 36.4 Å². The van der Waals surface area contributed by atoms with E-state index in [-0.39, 0.29) is 0 Å². The third-order valence-electron chi connectivity index (χ3n) is 6.43. The van der Waals surface area contributed by atoms with E-state index in [1.165, 1.54) is 42.8 Å². The molecular weight excluding hydrogens is 412 g/mol. The molecule has 0 spiro atoms. The summed E-state index contributed by atoms with van der Waals surface area (Å²) in [7, 11) is 1.70. The van der Waals surface area contributed by atoms with Gasteiger partial charge in [0.1, 0.15) is 16.9 Å². The Bertz CT molecular complexity index is 1800. The van der Waals surface area contributed by atoms with Gasteiger partial charge in [0.15, 0.2) is 0 Å². The normalized spacial score (nSPS) is 11.9. The summed E-state index contributed by atoms with van der Waals surface area (Å²) in [5.74, 6) is 0.860. The molecule has 5 aromatic carbocycles. The van der Waals surface area contributed by atoms with Crippen molar-refractivity contribution in [2.45, 2.75) is 0 Å². The third-order valence-corrected chi connectivity index (χ3v) is 7.31. The van der Waals surface area contributed by atoms with Gasteiger partial charge in [-0.05, 0) is 86.6 Å². The molecule has 2 nitrogen and oxygen atoms in total. The minimum absolute atomic E-state index is 0.860. The molecule has 32 heavy (non-hydrogen) atoms. The summed E-state index contributed by atoms with van der Waals surface area (Å²) in [5, 5.41) is 10.6. The van der Waals surface area contributed by atoms with Crippen LogP contribution in [0.3, 0.4) is 0 Å². The monoisotopic (exact) mass is 430 g/mol. The Labute approximate surface area is 188 Å². The first-order chi connectivity index (χ1) is 15.8. The minimum atomic E-state index is 0.860. The number of para-hydroxylation sites is 1. The third kappa shape index (κ3) is 2.46. The van der Waals surface area contributed by atoms with Crippen molar-refractivity contribution in [2.75, 3.05) is 7.11 Å². The quantitative estimate of drug-likeness (QED) is 0.256. The fourth-order valence-corrected chi connectivity index (χ4v) is 5.70. The lowest BCUT2D eigenvalue weighted by Crippen LogP contribution is -1.87. The van der Waals surface area contributed by atoms with E-state index in [4.69, 9.17) is 9.15 Å². The Morgan fingerprint density at radius 2 is 1.56 bits per heavy atom. The first kappa shape index (κ1) is 17.8. The lowest BCUT2D eigenvalue weighted by molar-refractivity contribution is 0.415. The summed E-state index contributed by atoms with van der Waals surface area (Å²) < 4.78 is 13.2. The molecule has 0 saturated carbocycles. The predicted molar refractivity (Wildman–Crippen MR) is 136 cm³/mol. The number of rotatable bonds is 2. The topological polar surface area (TPSA) is 22.4 Å². The summed E-state index contributed by atoms with van der Waals surface area (Å²) in [4.78, 5) is 0. The molecule has 7 rings (SSSR count). The zero-order valence-electron chi connectivity index (χ0n) is 17.4. The standard InChI is InChI=1S/C29H18O2S/c1-30-20-8-6-17(7-9-20)24-15-19-16-27-18(12-13-32-27)14-25(19)28-22(24)10-11-23-21-4-2-3-5-26(21)31-29(23)28/h2-16H,1H3. The van der Waals surface area contributed by atoms with Gasteiger partial charge in [0.05, 0.1) is 7.11 Å². The van der Waals surface area contributed by atoms with E-state index in [0.29, 0.717) is 0 Å². The summed E-state index contributed by atoms with van der Waals surface area (Å²) in [6, 6.07) is 30.2. The van der Waals surface area contributed by atoms with Crippen molar-refractivity contribution in [2.24, 2.45) is 0 Å². The second kappa shape index (κ2) is 6.59. The number of hydrogen-bond donors (Lipinski definition) is 0. The first-order valence-electron chi connectivity index (χ1n) is 10.6. The second-order valence-corrected chi connectivity index (χ2v) is 9.10. The summed E-state index contributed by atoms with van der Waals surface area (Å²) in [6.07, 6.45) is 0. The van der Waals surface area contributed by atoms with Crippen LogP contribution < -0.4 is 4.74 Å². The van der Waals surface area contributed by atoms with E-state index in [1.54, 1.807) is 18.4 Å². The molecule has 0 N–H and O–H groups in total. The Hall–Kier alpha value is -3.82. The molecule has 0 fully saturated rings. The molecule has 0 unspecified atom stereocenters. The van der Waals surface area contributed by atoms with Crippen LogP contribution in [0, 0.1) is 0 Å². The molecule has 7 aromatic rings. The van der Waals surface area contributed by atoms with Gasteiger partial charge in [-0.2, -0.15) is 0 Å². The molecule has 2 heterocycles. The van der Waals surface area contributed by atoms with Crippen LogP contribution in [0.2, 0.25) is 0 Å². The maximum atomic E-state index is 6.48. The largest absolute Gasteiger partial charge is 0.497 e. The van der Waals surface area contributed by atoms with Crippen LogP contribution in [0.25, 0.3) is 64.7 Å². The van der Waals surface area contributed by atoms with Crippen LogP contribution in [0.5, 0.6) is 5.75 Å². The van der Waals surface area contributed by atoms with Gasteiger partial charge < -0.3 is 9.15 Å². The van der Waals surface area contributed by atoms with Gasteiger partial charge in [-0.3, -0.25) is 0 Å². The summed E-state index contributed by atoms with van der Waals surface area (Å²) in [5.41, 5.74) is 4.25. The average Bonchev–Trinajstić information content (AvgIpc) is 3.46. The minimum Gasteiger partial charge on any atom is -0.497 e. The van der Waals surface area contributed by atoms with E-state index >= 15 is 0 Å². The highest BCUT2D eigenvalue weighted by molar-refractivity contribution is 7.17. The fourth-order valence-electron chi connectivity index (χ4n) is 4.88. The summed E-state index contributed by atoms with van der Waals surface area (Å²) in [6.45, 7) is 0. The zero-order valence-corrected chi connectivity index (χ0v) is 18.2. The molecule has 0 bridgehead atoms. The maximum Gasteiger partial charge on any atom is 0.143 e. The van der Waals surface area contributed by atoms with Crippen molar-refractivity contribution in [3.8, 4) is 16.9 Å². The van der Waals surface area contributed by atoms with Gasteiger partial charge in [0.25, 0.3) is 0 Å². The van der Waals surface area contributed by atoms with Crippen LogP contribution in [0.15, 0.2) is 94.7 Å². The Morgan fingerprint density at radius 1 is 0.719 bits per heavy atom. The van der Waals surface area contributed by atoms with Crippen molar-refractivity contribution in [3.63, 3.8) is 0 Å². The van der Waals surface area contributed by atoms with E-state index in [0.717, 1.165) is 27.7 Å². The van der Waals surface area contributed by atoms with Crippen molar-refractivity contribution in [1.29, 1.82) is 0 Å². The van der Waals surface area contributed by atoms with Crippen LogP contribution >= 0.6 is 11.3 Å². The molecule has 0 saturated heterocycles. The van der Waals surface area contributed by atoms with Crippen LogP contribution in [0.4, 0.5) is 0 Å². The maximum absolute atomic E-state index is 6.48. The van der Waals surface area contributed by atoms with Gasteiger partial charge in [-0.25, -0.2) is 0 Å². The van der Waals surface area contributed by atoms with Gasteiger partial charge >= 0.3 is 0 Å². The molecule has 0 amide bonds. The number of benzene rings is 5. The molecule has 152 valence electrons. The number of furan rings is 1. The van der Waals surface area contributed by atoms with Crippen LogP contribution in [-0.4, -0.2) is 7.11 Å².